The zero-order valence-corrected chi connectivity index (χ0v) is 17.8. The van der Waals surface area contributed by atoms with Crippen molar-refractivity contribution in [3.05, 3.63) is 52.7 Å². The maximum Gasteiger partial charge on any atom is 0.321 e. The highest BCUT2D eigenvalue weighted by atomic mass is 32.1. The van der Waals surface area contributed by atoms with E-state index in [0.717, 1.165) is 29.0 Å². The van der Waals surface area contributed by atoms with Crippen LogP contribution >= 0.6 is 11.3 Å². The lowest BCUT2D eigenvalue weighted by atomic mass is 10.1. The zero-order chi connectivity index (χ0) is 21.2. The van der Waals surface area contributed by atoms with E-state index in [2.05, 4.69) is 20.8 Å². The first-order chi connectivity index (χ1) is 15.2. The molecule has 9 heteroatoms. The lowest BCUT2D eigenvalue weighted by Gasteiger charge is -2.25. The third-order valence-corrected chi connectivity index (χ3v) is 6.71. The summed E-state index contributed by atoms with van der Waals surface area (Å²) in [6, 6.07) is 11.3. The molecule has 3 aromatic rings. The van der Waals surface area contributed by atoms with Crippen LogP contribution < -0.4 is 10.6 Å². The van der Waals surface area contributed by atoms with Gasteiger partial charge in [-0.1, -0.05) is 59.7 Å². The number of amides is 3. The minimum Gasteiger partial charge on any atom is -0.355 e. The molecule has 160 valence electrons. The highest BCUT2D eigenvalue weighted by molar-refractivity contribution is 7.15. The van der Waals surface area contributed by atoms with Gasteiger partial charge in [-0.3, -0.25) is 10.1 Å². The van der Waals surface area contributed by atoms with Crippen LogP contribution in [-0.2, 0) is 13.0 Å². The predicted octanol–water partition coefficient (Wildman–Crippen LogP) is 4.06. The molecule has 0 saturated heterocycles. The SMILES string of the molecule is O=C(Nc1nc2c(s1)CN(C(=O)c1cc(-c3ccccc3)on1)CC2)NC1CCCC1. The van der Waals surface area contributed by atoms with E-state index in [9.17, 15) is 9.59 Å². The van der Waals surface area contributed by atoms with Crippen LogP contribution in [0.3, 0.4) is 0 Å². The molecular formula is C22H23N5O3S. The van der Waals surface area contributed by atoms with Crippen LogP contribution in [0.15, 0.2) is 40.9 Å². The fourth-order valence-electron chi connectivity index (χ4n) is 4.09. The van der Waals surface area contributed by atoms with Crippen molar-refractivity contribution in [3.63, 3.8) is 0 Å². The van der Waals surface area contributed by atoms with Crippen molar-refractivity contribution in [2.24, 2.45) is 0 Å². The lowest BCUT2D eigenvalue weighted by molar-refractivity contribution is 0.0725. The third-order valence-electron chi connectivity index (χ3n) is 5.72. The van der Waals surface area contributed by atoms with Crippen LogP contribution in [-0.4, -0.2) is 39.6 Å². The number of urea groups is 1. The Labute approximate surface area is 183 Å². The molecule has 1 aliphatic heterocycles. The van der Waals surface area contributed by atoms with Crippen LogP contribution in [0.25, 0.3) is 11.3 Å². The van der Waals surface area contributed by atoms with Crippen molar-refractivity contribution < 1.29 is 14.1 Å². The van der Waals surface area contributed by atoms with Crippen LogP contribution in [0.1, 0.15) is 46.7 Å². The molecule has 1 fully saturated rings. The normalized spacial score (nSPS) is 16.2. The van der Waals surface area contributed by atoms with Crippen LogP contribution in [0, 0.1) is 0 Å². The first kappa shape index (κ1) is 19.7. The van der Waals surface area contributed by atoms with Gasteiger partial charge >= 0.3 is 6.03 Å². The Morgan fingerprint density at radius 1 is 1.16 bits per heavy atom. The molecule has 0 atom stereocenters. The molecule has 8 nitrogen and oxygen atoms in total. The van der Waals surface area contributed by atoms with Crippen LogP contribution in [0.4, 0.5) is 9.93 Å². The molecular weight excluding hydrogens is 414 g/mol. The molecule has 0 radical (unpaired) electrons. The average molecular weight is 438 g/mol. The van der Waals surface area contributed by atoms with E-state index in [4.69, 9.17) is 4.52 Å². The molecule has 1 aromatic carbocycles. The molecule has 0 spiro atoms. The number of rotatable bonds is 4. The molecule has 3 amide bonds. The van der Waals surface area contributed by atoms with Gasteiger partial charge in [0.15, 0.2) is 16.6 Å². The summed E-state index contributed by atoms with van der Waals surface area (Å²) in [6.07, 6.45) is 5.05. The summed E-state index contributed by atoms with van der Waals surface area (Å²) in [5.41, 5.74) is 2.11. The van der Waals surface area contributed by atoms with Gasteiger partial charge in [0.2, 0.25) is 0 Å². The number of hydrogen-bond donors (Lipinski definition) is 2. The Hall–Kier alpha value is -3.20. The van der Waals surface area contributed by atoms with Crippen molar-refractivity contribution in [1.82, 2.24) is 20.4 Å². The Kier molecular flexibility index (Phi) is 5.42. The summed E-state index contributed by atoms with van der Waals surface area (Å²) < 4.78 is 5.37. The van der Waals surface area contributed by atoms with Crippen molar-refractivity contribution in [3.8, 4) is 11.3 Å². The van der Waals surface area contributed by atoms with Gasteiger partial charge in [-0.2, -0.15) is 0 Å². The van der Waals surface area contributed by atoms with Gasteiger partial charge < -0.3 is 14.7 Å². The van der Waals surface area contributed by atoms with Gasteiger partial charge in [0.05, 0.1) is 12.2 Å². The number of hydrogen-bond acceptors (Lipinski definition) is 6. The van der Waals surface area contributed by atoms with E-state index >= 15 is 0 Å². The third kappa shape index (κ3) is 4.32. The quantitative estimate of drug-likeness (QED) is 0.641. The maximum absolute atomic E-state index is 12.9. The largest absolute Gasteiger partial charge is 0.355 e. The number of benzene rings is 1. The maximum atomic E-state index is 12.9. The van der Waals surface area contributed by atoms with E-state index in [0.29, 0.717) is 36.1 Å². The fourth-order valence-corrected chi connectivity index (χ4v) is 5.11. The Balaban J connectivity index is 1.23. The van der Waals surface area contributed by atoms with Crippen molar-refractivity contribution in [2.75, 3.05) is 11.9 Å². The molecule has 31 heavy (non-hydrogen) atoms. The average Bonchev–Trinajstić information content (AvgIpc) is 3.54. The fraction of sp³-hybridized carbons (Fsp3) is 0.364. The van der Waals surface area contributed by atoms with Gasteiger partial charge in [0.25, 0.3) is 5.91 Å². The number of nitrogens with one attached hydrogen (secondary N) is 2. The second kappa shape index (κ2) is 8.50. The molecule has 2 aromatic heterocycles. The highest BCUT2D eigenvalue weighted by Crippen LogP contribution is 2.29. The predicted molar refractivity (Wildman–Crippen MR) is 117 cm³/mol. The first-order valence-corrected chi connectivity index (χ1v) is 11.3. The summed E-state index contributed by atoms with van der Waals surface area (Å²) in [7, 11) is 0. The summed E-state index contributed by atoms with van der Waals surface area (Å²) in [6.45, 7) is 1.00. The summed E-state index contributed by atoms with van der Waals surface area (Å²) >= 11 is 1.42. The van der Waals surface area contributed by atoms with E-state index in [1.165, 1.54) is 24.2 Å². The van der Waals surface area contributed by atoms with E-state index in [1.807, 2.05) is 30.3 Å². The number of aromatic nitrogens is 2. The van der Waals surface area contributed by atoms with E-state index in [1.54, 1.807) is 11.0 Å². The second-order valence-corrected chi connectivity index (χ2v) is 8.97. The van der Waals surface area contributed by atoms with Crippen molar-refractivity contribution >= 4 is 28.4 Å². The number of anilines is 1. The molecule has 0 unspecified atom stereocenters. The number of carbonyl (C=O) groups excluding carboxylic acids is 2. The van der Waals surface area contributed by atoms with Crippen LogP contribution in [0.2, 0.25) is 0 Å². The molecule has 3 heterocycles. The number of nitrogens with zero attached hydrogens (tertiary/aromatic N) is 3. The molecule has 2 N–H and O–H groups in total. The van der Waals surface area contributed by atoms with Gasteiger partial charge in [0.1, 0.15) is 0 Å². The monoisotopic (exact) mass is 437 g/mol. The summed E-state index contributed by atoms with van der Waals surface area (Å²) in [4.78, 5) is 32.4. The van der Waals surface area contributed by atoms with E-state index in [-0.39, 0.29) is 18.0 Å². The van der Waals surface area contributed by atoms with Gasteiger partial charge in [-0.25, -0.2) is 9.78 Å². The highest BCUT2D eigenvalue weighted by Gasteiger charge is 2.27. The Bertz CT molecular complexity index is 1090. The minimum absolute atomic E-state index is 0.168. The van der Waals surface area contributed by atoms with E-state index < -0.39 is 0 Å². The topological polar surface area (TPSA) is 100 Å². The number of thiazole rings is 1. The molecule has 1 aliphatic carbocycles. The number of carbonyl (C=O) groups is 2. The summed E-state index contributed by atoms with van der Waals surface area (Å²) in [5.74, 6) is 0.401. The lowest BCUT2D eigenvalue weighted by Crippen LogP contribution is -2.36. The van der Waals surface area contributed by atoms with Gasteiger partial charge in [0, 0.05) is 35.5 Å². The first-order valence-electron chi connectivity index (χ1n) is 10.5. The van der Waals surface area contributed by atoms with Crippen molar-refractivity contribution in [2.45, 2.75) is 44.7 Å². The summed E-state index contributed by atoms with van der Waals surface area (Å²) in [5, 5.41) is 10.4. The Morgan fingerprint density at radius 3 is 2.77 bits per heavy atom. The zero-order valence-electron chi connectivity index (χ0n) is 17.0. The molecule has 2 aliphatic rings. The molecule has 1 saturated carbocycles. The second-order valence-electron chi connectivity index (χ2n) is 7.89. The standard InChI is InChI=1S/C22H23N5O3S/c28-20(17-12-18(30-26-17)14-6-2-1-3-7-14)27-11-10-16-19(13-27)31-22(24-16)25-21(29)23-15-8-4-5-9-15/h1-3,6-7,12,15H,4-5,8-11,13H2,(H2,23,24,25,29). The van der Waals surface area contributed by atoms with Crippen molar-refractivity contribution in [1.29, 1.82) is 0 Å². The minimum atomic E-state index is -0.207. The molecule has 5 rings (SSSR count). The smallest absolute Gasteiger partial charge is 0.321 e. The van der Waals surface area contributed by atoms with Gasteiger partial charge in [-0.05, 0) is 12.8 Å². The Morgan fingerprint density at radius 2 is 1.97 bits per heavy atom. The number of fused-ring (bicyclic) bond motifs is 1. The molecule has 0 bridgehead atoms. The van der Waals surface area contributed by atoms with Crippen LogP contribution in [0.5, 0.6) is 0 Å². The van der Waals surface area contributed by atoms with Gasteiger partial charge in [-0.15, -0.1) is 0 Å².